The largest absolute Gasteiger partial charge is 0.470 e. The summed E-state index contributed by atoms with van der Waals surface area (Å²) in [6.07, 6.45) is -10.6. The Morgan fingerprint density at radius 1 is 1.11 bits per heavy atom. The molecule has 1 aliphatic heterocycles. The fourth-order valence-electron chi connectivity index (χ4n) is 1.57. The second-order valence-corrected chi connectivity index (χ2v) is 4.97. The van der Waals surface area contributed by atoms with E-state index in [9.17, 15) is 25.0 Å². The summed E-state index contributed by atoms with van der Waals surface area (Å²) in [6, 6.07) is 0. The van der Waals surface area contributed by atoms with Gasteiger partial charge in [0.2, 0.25) is 0 Å². The van der Waals surface area contributed by atoms with Crippen LogP contribution in [0.5, 0.6) is 0 Å². The Hall–Kier alpha value is -0.130. The van der Waals surface area contributed by atoms with Crippen LogP contribution in [-0.4, -0.2) is 78.7 Å². The van der Waals surface area contributed by atoms with Crippen molar-refractivity contribution < 1.29 is 49.1 Å². The van der Waals surface area contributed by atoms with Crippen molar-refractivity contribution in [2.75, 3.05) is 6.61 Å². The second kappa shape index (κ2) is 5.88. The van der Waals surface area contributed by atoms with Gasteiger partial charge in [0.25, 0.3) is 0 Å². The van der Waals surface area contributed by atoms with E-state index in [0.29, 0.717) is 0 Å². The molecule has 11 heteroatoms. The topological polar surface area (TPSA) is 177 Å². The maximum atomic E-state index is 10.6. The molecule has 7 N–H and O–H groups in total. The fraction of sp³-hybridized carbons (Fsp3) is 1.00. The first-order valence-electron chi connectivity index (χ1n) is 4.90. The molecule has 0 aliphatic carbocycles. The Morgan fingerprint density at radius 2 is 1.67 bits per heavy atom. The number of ether oxygens (including phenoxy) is 1. The van der Waals surface area contributed by atoms with Crippen molar-refractivity contribution in [3.8, 4) is 0 Å². The average Bonchev–Trinajstić information content (AvgIpc) is 2.27. The minimum Gasteiger partial charge on any atom is -0.394 e. The number of phosphoric acid groups is 1. The Bertz CT molecular complexity index is 317. The zero-order valence-electron chi connectivity index (χ0n) is 8.97. The van der Waals surface area contributed by atoms with Crippen LogP contribution in [0, 0.1) is 0 Å². The first-order chi connectivity index (χ1) is 8.17. The number of hydrogen-bond donors (Lipinski definition) is 7. The Labute approximate surface area is 101 Å². The van der Waals surface area contributed by atoms with E-state index in [-0.39, 0.29) is 0 Å². The number of hydrogen-bond acceptors (Lipinski definition) is 8. The summed E-state index contributed by atoms with van der Waals surface area (Å²) >= 11 is 0. The van der Waals surface area contributed by atoms with Crippen LogP contribution in [0.15, 0.2) is 0 Å². The van der Waals surface area contributed by atoms with Crippen molar-refractivity contribution in [3.63, 3.8) is 0 Å². The van der Waals surface area contributed by atoms with E-state index in [1.54, 1.807) is 0 Å². The van der Waals surface area contributed by atoms with Crippen LogP contribution >= 0.6 is 7.82 Å². The van der Waals surface area contributed by atoms with E-state index in [0.717, 1.165) is 0 Å². The van der Waals surface area contributed by atoms with Crippen LogP contribution in [0.4, 0.5) is 0 Å². The van der Waals surface area contributed by atoms with Crippen LogP contribution in [0.2, 0.25) is 0 Å². The zero-order chi connectivity index (χ0) is 14.1. The number of phosphoric ester groups is 1. The van der Waals surface area contributed by atoms with Crippen molar-refractivity contribution in [3.05, 3.63) is 0 Å². The average molecular weight is 290 g/mol. The summed E-state index contributed by atoms with van der Waals surface area (Å²) in [4.78, 5) is 17.2. The molecule has 108 valence electrons. The lowest BCUT2D eigenvalue weighted by Gasteiger charge is -2.40. The lowest BCUT2D eigenvalue weighted by molar-refractivity contribution is -0.297. The molecule has 10 nitrogen and oxygen atoms in total. The molecule has 1 heterocycles. The summed E-state index contributed by atoms with van der Waals surface area (Å²) in [5.74, 6) is 0. The lowest BCUT2D eigenvalue weighted by atomic mass is 9.96. The molecule has 1 saturated heterocycles. The molecule has 0 bridgehead atoms. The van der Waals surface area contributed by atoms with Gasteiger partial charge in [-0.25, -0.2) is 4.57 Å². The molecule has 0 saturated carbocycles. The van der Waals surface area contributed by atoms with Crippen LogP contribution in [-0.2, 0) is 13.8 Å². The predicted octanol–water partition coefficient (Wildman–Crippen LogP) is -3.74. The number of rotatable bonds is 4. The molecule has 1 rings (SSSR count). The maximum absolute atomic E-state index is 10.6. The summed E-state index contributed by atoms with van der Waals surface area (Å²) in [6.45, 7) is -0.942. The quantitative estimate of drug-likeness (QED) is 0.254. The van der Waals surface area contributed by atoms with Crippen LogP contribution < -0.4 is 0 Å². The smallest absolute Gasteiger partial charge is 0.394 e. The van der Waals surface area contributed by atoms with E-state index in [1.165, 1.54) is 0 Å². The van der Waals surface area contributed by atoms with E-state index >= 15 is 0 Å². The molecule has 1 fully saturated rings. The van der Waals surface area contributed by atoms with E-state index in [2.05, 4.69) is 9.26 Å². The normalized spacial score (nSPS) is 39.6. The minimum absolute atomic E-state index is 0.942. The van der Waals surface area contributed by atoms with Crippen LogP contribution in [0.1, 0.15) is 0 Å². The molecule has 0 spiro atoms. The molecule has 0 unspecified atom stereocenters. The Kier molecular flexibility index (Phi) is 5.21. The highest BCUT2D eigenvalue weighted by Gasteiger charge is 2.47. The second-order valence-electron chi connectivity index (χ2n) is 3.78. The SMILES string of the molecule is O=P(O)(O)O[C@@H](CO)[C@H]1O[C@@H](O)[C@@H](O)[C@@H](O)[C@@H]1O. The monoisotopic (exact) mass is 290 g/mol. The van der Waals surface area contributed by atoms with Gasteiger partial charge < -0.3 is 40.1 Å². The highest BCUT2D eigenvalue weighted by atomic mass is 31.2. The number of aliphatic hydroxyl groups excluding tert-OH is 5. The Balaban J connectivity index is 2.82. The van der Waals surface area contributed by atoms with Gasteiger partial charge >= 0.3 is 7.82 Å². The highest BCUT2D eigenvalue weighted by molar-refractivity contribution is 7.46. The zero-order valence-corrected chi connectivity index (χ0v) is 9.87. The van der Waals surface area contributed by atoms with Gasteiger partial charge in [-0.2, -0.15) is 0 Å². The van der Waals surface area contributed by atoms with Crippen molar-refractivity contribution in [1.82, 2.24) is 0 Å². The maximum Gasteiger partial charge on any atom is 0.470 e. The molecule has 18 heavy (non-hydrogen) atoms. The molecule has 0 radical (unpaired) electrons. The van der Waals surface area contributed by atoms with E-state index in [4.69, 9.17) is 14.9 Å². The van der Waals surface area contributed by atoms with Gasteiger partial charge in [0.1, 0.15) is 30.5 Å². The van der Waals surface area contributed by atoms with Gasteiger partial charge in [0.05, 0.1) is 6.61 Å². The molecular weight excluding hydrogens is 275 g/mol. The van der Waals surface area contributed by atoms with Gasteiger partial charge in [0.15, 0.2) is 6.29 Å². The standard InChI is InChI=1S/C7H15O10P/c8-1-2(17-18(13,14)15)6-4(10)3(9)5(11)7(12)16-6/h2-12H,1H2,(H2,13,14,15)/t2-,3-,4-,5-,6+,7+/m0/s1. The molecule has 0 aromatic heterocycles. The third kappa shape index (κ3) is 3.68. The third-order valence-corrected chi connectivity index (χ3v) is 2.99. The summed E-state index contributed by atoms with van der Waals surface area (Å²) < 4.78 is 19.4. The van der Waals surface area contributed by atoms with Gasteiger partial charge in [0, 0.05) is 0 Å². The van der Waals surface area contributed by atoms with Crippen molar-refractivity contribution in [2.24, 2.45) is 0 Å². The summed E-state index contributed by atoms with van der Waals surface area (Å²) in [5, 5.41) is 46.2. The van der Waals surface area contributed by atoms with Gasteiger partial charge in [-0.1, -0.05) is 0 Å². The molecule has 6 atom stereocenters. The van der Waals surface area contributed by atoms with Gasteiger partial charge in [-0.15, -0.1) is 0 Å². The fourth-order valence-corrected chi connectivity index (χ4v) is 2.11. The first kappa shape index (κ1) is 15.9. The molecule has 0 amide bonds. The highest BCUT2D eigenvalue weighted by Crippen LogP contribution is 2.39. The van der Waals surface area contributed by atoms with E-state index < -0.39 is 51.2 Å². The molecule has 1 aliphatic rings. The van der Waals surface area contributed by atoms with Crippen molar-refractivity contribution >= 4 is 7.82 Å². The predicted molar refractivity (Wildman–Crippen MR) is 52.9 cm³/mol. The first-order valence-corrected chi connectivity index (χ1v) is 6.43. The summed E-state index contributed by atoms with van der Waals surface area (Å²) in [5.41, 5.74) is 0. The van der Waals surface area contributed by atoms with Crippen LogP contribution in [0.25, 0.3) is 0 Å². The van der Waals surface area contributed by atoms with E-state index in [1.807, 2.05) is 0 Å². The van der Waals surface area contributed by atoms with Gasteiger partial charge in [-0.05, 0) is 0 Å². The third-order valence-electron chi connectivity index (χ3n) is 2.44. The van der Waals surface area contributed by atoms with Crippen molar-refractivity contribution in [2.45, 2.75) is 36.8 Å². The molecule has 0 aromatic carbocycles. The van der Waals surface area contributed by atoms with Crippen LogP contribution in [0.3, 0.4) is 0 Å². The molecule has 0 aromatic rings. The number of aliphatic hydroxyl groups is 5. The van der Waals surface area contributed by atoms with Gasteiger partial charge in [-0.3, -0.25) is 4.52 Å². The summed E-state index contributed by atoms with van der Waals surface area (Å²) in [7, 11) is -4.96. The Morgan fingerprint density at radius 3 is 2.11 bits per heavy atom. The minimum atomic E-state index is -4.96. The van der Waals surface area contributed by atoms with Crippen molar-refractivity contribution in [1.29, 1.82) is 0 Å². The molecular formula is C7H15O10P. The lowest BCUT2D eigenvalue weighted by Crippen LogP contribution is -2.61.